The molecule has 1 N–H and O–H groups in total. The number of halogens is 3. The molecule has 0 aliphatic carbocycles. The van der Waals surface area contributed by atoms with E-state index in [4.69, 9.17) is 5.11 Å². The summed E-state index contributed by atoms with van der Waals surface area (Å²) in [6, 6.07) is 0. The molecule has 5 heteroatoms. The van der Waals surface area contributed by atoms with Crippen LogP contribution in [-0.4, -0.2) is 11.7 Å². The standard InChI is InChI=1S/C4H10O.3BrH.Zr/c1-2-3-4-5;;;;/h5H,2-4H2,1H3;3*1H;/q;;;;+3/p-3. The topological polar surface area (TPSA) is 20.2 Å². The summed E-state index contributed by atoms with van der Waals surface area (Å²) in [5.74, 6) is 0. The summed E-state index contributed by atoms with van der Waals surface area (Å²) in [6.45, 7) is 2.40. The first-order valence-electron chi connectivity index (χ1n) is 2.59. The van der Waals surface area contributed by atoms with Gasteiger partial charge in [-0.1, -0.05) is 13.3 Å². The van der Waals surface area contributed by atoms with Crippen molar-refractivity contribution in [3.8, 4) is 0 Å². The summed E-state index contributed by atoms with van der Waals surface area (Å²) < 4.78 is 0. The molecule has 0 bridgehead atoms. The Morgan fingerprint density at radius 1 is 1.33 bits per heavy atom. The molecule has 0 rings (SSSR count). The van der Waals surface area contributed by atoms with Crippen LogP contribution < -0.4 is 0 Å². The SMILES string of the molecule is CCCCO.[Br][Zr]([Br])[Br]. The van der Waals surface area contributed by atoms with Crippen LogP contribution in [0.1, 0.15) is 19.8 Å². The maximum absolute atomic E-state index is 8.07. The van der Waals surface area contributed by atoms with E-state index in [1.165, 1.54) is 0 Å². The van der Waals surface area contributed by atoms with E-state index in [-0.39, 0.29) is 0 Å². The molecule has 0 heterocycles. The van der Waals surface area contributed by atoms with Crippen molar-refractivity contribution in [3.63, 3.8) is 0 Å². The second-order valence-electron chi connectivity index (χ2n) is 1.29. The molecule has 0 aliphatic heterocycles. The zero-order valence-corrected chi connectivity index (χ0v) is 12.4. The summed E-state index contributed by atoms with van der Waals surface area (Å²) in [6.07, 6.45) is 2.04. The Bertz CT molecular complexity index is 40.0. The van der Waals surface area contributed by atoms with Crippen LogP contribution in [-0.2, 0) is 14.7 Å². The first kappa shape index (κ1) is 13.8. The van der Waals surface area contributed by atoms with Crippen LogP contribution in [0.3, 0.4) is 0 Å². The Kier molecular flexibility index (Phi) is 19.9. The fourth-order valence-electron chi connectivity index (χ4n) is 0.158. The number of unbranched alkanes of at least 4 members (excludes halogenated alkanes) is 1. The summed E-state index contributed by atoms with van der Waals surface area (Å²) in [4.78, 5) is 0. The molecule has 0 aromatic rings. The molecule has 9 heavy (non-hydrogen) atoms. The molecule has 0 unspecified atom stereocenters. The average Bonchev–Trinajstić information content (AvgIpc) is 1.66. The molecule has 0 aliphatic rings. The van der Waals surface area contributed by atoms with Crippen molar-refractivity contribution in [2.75, 3.05) is 6.61 Å². The Balaban J connectivity index is 0. The van der Waals surface area contributed by atoms with Gasteiger partial charge in [-0.2, -0.15) is 0 Å². The maximum atomic E-state index is 8.07. The fraction of sp³-hybridized carbons (Fsp3) is 1.00. The van der Waals surface area contributed by atoms with Crippen molar-refractivity contribution >= 4 is 36.7 Å². The van der Waals surface area contributed by atoms with E-state index in [1.807, 2.05) is 0 Å². The minimum atomic E-state index is -1.11. The van der Waals surface area contributed by atoms with Gasteiger partial charge in [0.15, 0.2) is 0 Å². The third-order valence-corrected chi connectivity index (χ3v) is 0.512. The van der Waals surface area contributed by atoms with Gasteiger partial charge in [-0.3, -0.25) is 0 Å². The number of aliphatic hydroxyl groups is 1. The minimum absolute atomic E-state index is 0.344. The Morgan fingerprint density at radius 2 is 1.67 bits per heavy atom. The van der Waals surface area contributed by atoms with Crippen molar-refractivity contribution in [2.45, 2.75) is 19.8 Å². The zero-order valence-electron chi connectivity index (χ0n) is 5.20. The third-order valence-electron chi connectivity index (χ3n) is 0.512. The van der Waals surface area contributed by atoms with E-state index in [1.54, 1.807) is 0 Å². The van der Waals surface area contributed by atoms with Crippen molar-refractivity contribution in [3.05, 3.63) is 0 Å². The zero-order chi connectivity index (χ0) is 7.70. The second-order valence-corrected chi connectivity index (χ2v) is 35.3. The third kappa shape index (κ3) is 38.5. The van der Waals surface area contributed by atoms with Crippen LogP contribution in [0.2, 0.25) is 0 Å². The van der Waals surface area contributed by atoms with Crippen molar-refractivity contribution < 1.29 is 19.8 Å². The van der Waals surface area contributed by atoms with Crippen molar-refractivity contribution in [1.29, 1.82) is 0 Å². The van der Waals surface area contributed by atoms with Crippen LogP contribution in [0.25, 0.3) is 0 Å². The molecule has 0 spiro atoms. The Labute approximate surface area is 81.6 Å². The molecule has 57 valence electrons. The van der Waals surface area contributed by atoms with Crippen LogP contribution >= 0.6 is 36.7 Å². The molecule has 0 fully saturated rings. The molecule has 0 atom stereocenters. The van der Waals surface area contributed by atoms with Gasteiger partial charge in [-0.25, -0.2) is 0 Å². The van der Waals surface area contributed by atoms with Gasteiger partial charge in [0.25, 0.3) is 0 Å². The molecule has 0 amide bonds. The van der Waals surface area contributed by atoms with Crippen molar-refractivity contribution in [2.24, 2.45) is 0 Å². The van der Waals surface area contributed by atoms with Gasteiger partial charge in [0.1, 0.15) is 0 Å². The van der Waals surface area contributed by atoms with Crippen molar-refractivity contribution in [1.82, 2.24) is 0 Å². The van der Waals surface area contributed by atoms with E-state index >= 15 is 0 Å². The number of aliphatic hydroxyl groups excluding tert-OH is 1. The molecular weight excluding hydrogens is 395 g/mol. The molecule has 0 aromatic heterocycles. The first-order chi connectivity index (χ1) is 4.15. The van der Waals surface area contributed by atoms with Gasteiger partial charge >= 0.3 is 51.4 Å². The predicted octanol–water partition coefficient (Wildman–Crippen LogP) is 3.31. The van der Waals surface area contributed by atoms with E-state index in [2.05, 4.69) is 43.6 Å². The van der Waals surface area contributed by atoms with Gasteiger partial charge < -0.3 is 5.11 Å². The summed E-state index contributed by atoms with van der Waals surface area (Å²) >= 11 is 8.80. The molecule has 0 saturated heterocycles. The molecule has 0 radical (unpaired) electrons. The van der Waals surface area contributed by atoms with E-state index in [9.17, 15) is 0 Å². The van der Waals surface area contributed by atoms with E-state index in [0.29, 0.717) is 6.61 Å². The molecular formula is C4H10Br3OZr. The quantitative estimate of drug-likeness (QED) is 0.748. The van der Waals surface area contributed by atoms with Gasteiger partial charge in [-0.05, 0) is 6.42 Å². The number of hydrogen-bond acceptors (Lipinski definition) is 1. The summed E-state index contributed by atoms with van der Waals surface area (Å²) in [7, 11) is 0. The normalized spacial score (nSPS) is 7.67. The van der Waals surface area contributed by atoms with Crippen LogP contribution in [0.5, 0.6) is 0 Å². The van der Waals surface area contributed by atoms with Gasteiger partial charge in [0, 0.05) is 6.61 Å². The Hall–Kier alpha value is 2.28. The Morgan fingerprint density at radius 3 is 1.67 bits per heavy atom. The molecule has 0 saturated carbocycles. The van der Waals surface area contributed by atoms with Gasteiger partial charge in [0.2, 0.25) is 0 Å². The first-order valence-corrected chi connectivity index (χ1v) is 19.5. The van der Waals surface area contributed by atoms with Crippen LogP contribution in [0.15, 0.2) is 0 Å². The van der Waals surface area contributed by atoms with Gasteiger partial charge in [-0.15, -0.1) is 0 Å². The van der Waals surface area contributed by atoms with E-state index < -0.39 is 14.7 Å². The average molecular weight is 405 g/mol. The van der Waals surface area contributed by atoms with Crippen LogP contribution in [0, 0.1) is 0 Å². The summed E-state index contributed by atoms with van der Waals surface area (Å²) in [5, 5.41) is 8.07. The number of rotatable bonds is 2. The fourth-order valence-corrected chi connectivity index (χ4v) is 0.158. The van der Waals surface area contributed by atoms with E-state index in [0.717, 1.165) is 12.8 Å². The monoisotopic (exact) mass is 401 g/mol. The predicted molar refractivity (Wildman–Crippen MR) is 48.8 cm³/mol. The number of hydrogen-bond donors (Lipinski definition) is 1. The van der Waals surface area contributed by atoms with Gasteiger partial charge in [0.05, 0.1) is 0 Å². The molecule has 0 aromatic carbocycles. The summed E-state index contributed by atoms with van der Waals surface area (Å²) in [5.41, 5.74) is 0. The second kappa shape index (κ2) is 12.9. The van der Waals surface area contributed by atoms with Crippen LogP contribution in [0.4, 0.5) is 0 Å². The molecule has 1 nitrogen and oxygen atoms in total.